The molecule has 2 aliphatic heterocycles. The minimum absolute atomic E-state index is 0.0554. The van der Waals surface area contributed by atoms with Gasteiger partial charge >= 0.3 is 5.97 Å². The van der Waals surface area contributed by atoms with Gasteiger partial charge in [0.1, 0.15) is 60.4 Å². The summed E-state index contributed by atoms with van der Waals surface area (Å²) in [5.41, 5.74) is 38.0. The van der Waals surface area contributed by atoms with Crippen molar-refractivity contribution in [2.24, 2.45) is 45.3 Å². The van der Waals surface area contributed by atoms with E-state index < -0.39 is 169 Å². The number of amides is 12. The van der Waals surface area contributed by atoms with Crippen LogP contribution in [0.4, 0.5) is 0 Å². The Morgan fingerprint density at radius 1 is 0.495 bits per heavy atom. The van der Waals surface area contributed by atoms with E-state index in [1.807, 2.05) is 38.1 Å². The van der Waals surface area contributed by atoms with Crippen LogP contribution in [0.3, 0.4) is 0 Å². The van der Waals surface area contributed by atoms with Crippen molar-refractivity contribution < 1.29 is 67.4 Å². The van der Waals surface area contributed by atoms with Crippen LogP contribution < -0.4 is 76.9 Å². The lowest BCUT2D eigenvalue weighted by Gasteiger charge is -2.32. The Balaban J connectivity index is 1.06. The molecule has 12 amide bonds. The second-order valence-electron chi connectivity index (χ2n) is 28.7. The first-order valence-electron chi connectivity index (χ1n) is 37.6. The van der Waals surface area contributed by atoms with E-state index >= 15 is 19.2 Å². The summed E-state index contributed by atoms with van der Waals surface area (Å²) < 4.78 is 0. The number of carbonyl (C=O) groups is 13. The van der Waals surface area contributed by atoms with Crippen LogP contribution in [0.2, 0.25) is 0 Å². The minimum Gasteiger partial charge on any atom is -0.480 e. The average molecular weight is 1560 g/mol. The maximum absolute atomic E-state index is 15.6. The number of carbonyl (C=O) groups excluding carboxylic acids is 12. The lowest BCUT2D eigenvalue weighted by atomic mass is 9.99. The number of primary amides is 2. The van der Waals surface area contributed by atoms with Gasteiger partial charge < -0.3 is 107 Å². The number of nitrogens with zero attached hydrogens (tertiary/aromatic N) is 3. The Kier molecular flexibility index (Phi) is 32.1. The number of rotatable bonds is 44. The van der Waals surface area contributed by atoms with Crippen LogP contribution in [-0.4, -0.2) is 217 Å². The van der Waals surface area contributed by atoms with Crippen molar-refractivity contribution in [1.29, 1.82) is 0 Å². The fraction of sp³-hybridized carbons (Fsp3) is 0.500. The number of benzene rings is 3. The molecular weight excluding hydrogens is 1450 g/mol. The summed E-state index contributed by atoms with van der Waals surface area (Å²) in [6, 6.07) is 6.70. The average Bonchev–Trinajstić information content (AvgIpc) is 1.72. The summed E-state index contributed by atoms with van der Waals surface area (Å²) in [5, 5.41) is 34.1. The van der Waals surface area contributed by atoms with Crippen molar-refractivity contribution in [2.45, 2.75) is 196 Å². The second kappa shape index (κ2) is 41.6. The van der Waals surface area contributed by atoms with E-state index in [0.717, 1.165) is 0 Å². The van der Waals surface area contributed by atoms with Crippen LogP contribution >= 0.6 is 11.8 Å². The highest BCUT2D eigenvalue weighted by Gasteiger charge is 2.43. The summed E-state index contributed by atoms with van der Waals surface area (Å²) >= 11 is 1.40. The molecule has 0 bridgehead atoms. The molecule has 5 heterocycles. The number of unbranched alkanes of at least 4 members (excludes halogenated alkanes) is 1. The molecule has 0 unspecified atom stereocenters. The molecule has 3 aromatic heterocycles. The zero-order valence-electron chi connectivity index (χ0n) is 62.8. The number of guanidine groups is 1. The topological polar surface area (TPSA) is 561 Å². The molecule has 0 radical (unpaired) electrons. The van der Waals surface area contributed by atoms with Gasteiger partial charge in [-0.3, -0.25) is 62.5 Å². The highest BCUT2D eigenvalue weighted by atomic mass is 32.2. The monoisotopic (exact) mass is 1550 g/mol. The minimum atomic E-state index is -1.71. The van der Waals surface area contributed by atoms with E-state index in [1.165, 1.54) is 21.6 Å². The van der Waals surface area contributed by atoms with E-state index in [1.54, 1.807) is 73.4 Å². The third kappa shape index (κ3) is 24.5. The number of aliphatic imine (C=N–C) groups is 1. The maximum atomic E-state index is 15.6. The molecule has 34 nitrogen and oxygen atoms in total. The zero-order chi connectivity index (χ0) is 80.4. The van der Waals surface area contributed by atoms with Gasteiger partial charge in [-0.25, -0.2) is 4.79 Å². The molecule has 600 valence electrons. The number of carboxylic acid groups (broad SMARTS) is 1. The first kappa shape index (κ1) is 85.5. The summed E-state index contributed by atoms with van der Waals surface area (Å²) in [5.74, 6) is -10.9. The molecule has 35 heteroatoms. The molecule has 0 aliphatic carbocycles. The normalized spacial score (nSPS) is 16.6. The van der Waals surface area contributed by atoms with Gasteiger partial charge in [0.05, 0.1) is 6.04 Å². The summed E-state index contributed by atoms with van der Waals surface area (Å²) in [6.07, 6.45) is 7.21. The standard InChI is InChI=1S/C76H106N20O14S/c1-42(2)35-57(67(101)90-56(75(109)110)29-34-111-3)91-68(102)59(37-44-40-85-51-20-8-5-16-47(44)51)93-70(104)60(38-45-41-86-52-21-9-6-17-48(45)52)94-69(103)58(36-43-39-84-50-19-7-4-15-46(43)50)92-66(100)53(25-27-63(79)97)87-65(99)54(26-28-64(80)98)88-71(105)62-24-14-33-96(62)74(108)55(22-10-11-30-77)89-72(106)61-23-13-32-95(61)73(107)49(78)18-12-31-83-76(81)82/h4-9,15-17,19-21,39-42,49,53-62,84-86H,10-14,18,22-38,77-78H2,1-3H3,(H2,79,97)(H2,80,98)(H,87,99)(H,88,105)(H,89,106)(H,90,101)(H,91,102)(H,92,100)(H,93,104)(H,94,103)(H,109,110)(H4,81,82,83)/t49-,53-,54-,55-,56+,57-,58+,59+,60-,61-,62-/m0/s1. The smallest absolute Gasteiger partial charge is 0.326 e. The Hall–Kier alpha value is -11.1. The van der Waals surface area contributed by atoms with Gasteiger partial charge in [0.25, 0.3) is 0 Å². The van der Waals surface area contributed by atoms with E-state index in [4.69, 9.17) is 34.4 Å². The number of hydrogen-bond acceptors (Lipinski definition) is 17. The van der Waals surface area contributed by atoms with Gasteiger partial charge in [-0.05, 0) is 143 Å². The van der Waals surface area contributed by atoms with Gasteiger partial charge in [-0.1, -0.05) is 68.4 Å². The maximum Gasteiger partial charge on any atom is 0.326 e. The van der Waals surface area contributed by atoms with E-state index in [-0.39, 0.29) is 95.8 Å². The lowest BCUT2D eigenvalue weighted by Crippen LogP contribution is -2.61. The number of carboxylic acids is 1. The van der Waals surface area contributed by atoms with E-state index in [9.17, 15) is 48.3 Å². The van der Waals surface area contributed by atoms with Crippen molar-refractivity contribution in [2.75, 3.05) is 38.2 Å². The molecule has 2 aliphatic rings. The number of fused-ring (bicyclic) bond motifs is 3. The molecule has 0 spiro atoms. The number of aromatic amines is 3. The van der Waals surface area contributed by atoms with Gasteiger partial charge in [0.15, 0.2) is 5.96 Å². The molecule has 2 fully saturated rings. The van der Waals surface area contributed by atoms with Crippen LogP contribution in [0.5, 0.6) is 0 Å². The first-order valence-corrected chi connectivity index (χ1v) is 39.0. The fourth-order valence-corrected chi connectivity index (χ4v) is 14.5. The molecule has 111 heavy (non-hydrogen) atoms. The number of nitrogens with two attached hydrogens (primary N) is 6. The Morgan fingerprint density at radius 2 is 0.892 bits per heavy atom. The molecule has 8 rings (SSSR count). The number of hydrogen-bond donors (Lipinski definition) is 18. The molecule has 2 saturated heterocycles. The lowest BCUT2D eigenvalue weighted by molar-refractivity contribution is -0.144. The summed E-state index contributed by atoms with van der Waals surface area (Å²) in [4.78, 5) is 201. The van der Waals surface area contributed by atoms with Gasteiger partial charge in [-0.15, -0.1) is 0 Å². The van der Waals surface area contributed by atoms with Crippen LogP contribution in [0, 0.1) is 5.92 Å². The number of aromatic nitrogens is 3. The Morgan fingerprint density at radius 3 is 1.32 bits per heavy atom. The molecular formula is C76H106N20O14S. The Bertz CT molecular complexity index is 4310. The largest absolute Gasteiger partial charge is 0.480 e. The van der Waals surface area contributed by atoms with Crippen molar-refractivity contribution in [3.63, 3.8) is 0 Å². The third-order valence-corrected chi connectivity index (χ3v) is 20.6. The van der Waals surface area contributed by atoms with Crippen LogP contribution in [-0.2, 0) is 81.6 Å². The van der Waals surface area contributed by atoms with E-state index in [0.29, 0.717) is 87.3 Å². The van der Waals surface area contributed by atoms with Crippen molar-refractivity contribution in [3.05, 3.63) is 108 Å². The number of aliphatic carboxylic acids is 1. The molecule has 24 N–H and O–H groups in total. The quantitative estimate of drug-likeness (QED) is 0.0135. The molecule has 6 aromatic rings. The zero-order valence-corrected chi connectivity index (χ0v) is 63.6. The predicted octanol–water partition coefficient (Wildman–Crippen LogP) is -0.0565. The predicted molar refractivity (Wildman–Crippen MR) is 419 cm³/mol. The van der Waals surface area contributed by atoms with Gasteiger partial charge in [0.2, 0.25) is 70.9 Å². The van der Waals surface area contributed by atoms with Crippen molar-refractivity contribution >= 4 is 127 Å². The number of H-pyrrole nitrogens is 3. The van der Waals surface area contributed by atoms with Crippen LogP contribution in [0.1, 0.15) is 127 Å². The third-order valence-electron chi connectivity index (χ3n) is 19.9. The first-order chi connectivity index (χ1) is 53.1. The Labute approximate surface area is 646 Å². The van der Waals surface area contributed by atoms with Crippen LogP contribution in [0.25, 0.3) is 32.7 Å². The summed E-state index contributed by atoms with van der Waals surface area (Å²) in [6.45, 7) is 4.46. The molecule has 0 saturated carbocycles. The number of nitrogens with one attached hydrogen (secondary N) is 11. The van der Waals surface area contributed by atoms with Crippen LogP contribution in [0.15, 0.2) is 96.4 Å². The van der Waals surface area contributed by atoms with Crippen molar-refractivity contribution in [3.8, 4) is 0 Å². The molecule has 11 atom stereocenters. The second-order valence-corrected chi connectivity index (χ2v) is 29.6. The van der Waals surface area contributed by atoms with Gasteiger partial charge in [0, 0.05) is 103 Å². The highest BCUT2D eigenvalue weighted by Crippen LogP contribution is 2.27. The van der Waals surface area contributed by atoms with E-state index in [2.05, 4.69) is 62.5 Å². The summed E-state index contributed by atoms with van der Waals surface area (Å²) in [7, 11) is 0. The number of likely N-dealkylation sites (tertiary alicyclic amines) is 2. The molecule has 3 aromatic carbocycles. The number of para-hydroxylation sites is 3. The van der Waals surface area contributed by atoms with Gasteiger partial charge in [-0.2, -0.15) is 11.8 Å². The number of thioether (sulfide) groups is 1. The highest BCUT2D eigenvalue weighted by molar-refractivity contribution is 7.98. The van der Waals surface area contributed by atoms with Crippen molar-refractivity contribution in [1.82, 2.24) is 67.3 Å². The fourth-order valence-electron chi connectivity index (χ4n) is 14.1. The SMILES string of the molecule is CSCC[C@@H](NC(=O)[C@H](CC(C)C)NC(=O)[C@@H](Cc1c[nH]c2ccccc12)NC(=O)[C@H](Cc1c[nH]c2ccccc12)NC(=O)[C@@H](Cc1c[nH]c2ccccc12)NC(=O)[C@H](CCC(N)=O)NC(=O)[C@H](CCC(N)=O)NC(=O)[C@@H]1CCCN1C(=O)[C@H](CCCCN)NC(=O)[C@@H]1CCCN1C(=O)[C@@H](N)CCCN=C(N)N)C(=O)O.